The molecule has 4 N–H and O–H groups in total. The number of hydrogen-bond acceptors (Lipinski definition) is 11. The summed E-state index contributed by atoms with van der Waals surface area (Å²) in [6.45, 7) is 25.7. The van der Waals surface area contributed by atoms with E-state index < -0.39 is 64.4 Å². The number of thioether (sulfide) groups is 1. The first-order valence-corrected chi connectivity index (χ1v) is 22.2. The molecule has 0 aromatic heterocycles. The van der Waals surface area contributed by atoms with E-state index in [1.165, 1.54) is 37.5 Å². The number of alkyl carbamates (subject to hydrolysis) is 3. The van der Waals surface area contributed by atoms with Gasteiger partial charge in [0, 0.05) is 28.6 Å². The minimum absolute atomic E-state index is 0.0301. The fourth-order valence-electron chi connectivity index (χ4n) is 5.95. The molecule has 14 nitrogen and oxygen atoms in total. The quantitative estimate of drug-likeness (QED) is 0.118. The van der Waals surface area contributed by atoms with E-state index in [9.17, 15) is 33.9 Å². The highest BCUT2D eigenvalue weighted by molar-refractivity contribution is 8.00. The summed E-state index contributed by atoms with van der Waals surface area (Å²) >= 11 is 1.18. The molecule has 0 heterocycles. The summed E-state index contributed by atoms with van der Waals surface area (Å²) in [5, 5.41) is 17.0. The van der Waals surface area contributed by atoms with Gasteiger partial charge in [-0.1, -0.05) is 87.5 Å². The topological polar surface area (TPSA) is 190 Å². The standard InChI is InChI=1S/C25H34N2O7S.C17H19NO3.C6H15N/c1-24(2,3)33-22(31)26-17(21(29)30)14-35-19-13-18(28)16(12-15-10-8-7-9-11-15)20(19)27-23(32)34-25(4,5)6;1-17(2,3)21-16(20)18-14-9-10-15(19)13(14)11-12-7-5-4-6-8-12;1-4-7(5-2)6-3/h7-12,17,19-20H,13-14H2,1-6H3,(H,26,31)(H,27,32)(H,29,30);4-11,14H,1-3H3,(H,18,20);4-6H2,1-3H3/b16-12-;13-11+;/t17-,19+,20+;14-;/m00./s1. The monoisotopic (exact) mass is 892 g/mol. The summed E-state index contributed by atoms with van der Waals surface area (Å²) in [5.74, 6) is -1.51. The lowest BCUT2D eigenvalue weighted by Crippen LogP contribution is -2.46. The number of ketones is 2. The summed E-state index contributed by atoms with van der Waals surface area (Å²) < 4.78 is 15.7. The number of nitrogens with one attached hydrogen (secondary N) is 3. The summed E-state index contributed by atoms with van der Waals surface area (Å²) in [7, 11) is 0. The fraction of sp³-hybridized carbons (Fsp3) is 0.500. The van der Waals surface area contributed by atoms with E-state index in [2.05, 4.69) is 41.6 Å². The third-order valence-electron chi connectivity index (χ3n) is 8.87. The summed E-state index contributed by atoms with van der Waals surface area (Å²) in [4.78, 5) is 75.4. The van der Waals surface area contributed by atoms with Crippen LogP contribution in [0.5, 0.6) is 0 Å². The molecule has 15 heteroatoms. The van der Waals surface area contributed by atoms with E-state index in [0.29, 0.717) is 11.1 Å². The number of aliphatic carboxylic acids is 1. The number of hydrogen-bond donors (Lipinski definition) is 4. The zero-order chi connectivity index (χ0) is 47.5. The number of ether oxygens (including phenoxy) is 3. The number of nitrogens with zero attached hydrogens (tertiary/aromatic N) is 1. The van der Waals surface area contributed by atoms with Crippen LogP contribution in [0.2, 0.25) is 0 Å². The van der Waals surface area contributed by atoms with Gasteiger partial charge < -0.3 is 40.2 Å². The Morgan fingerprint density at radius 3 is 1.59 bits per heavy atom. The van der Waals surface area contributed by atoms with Crippen LogP contribution in [-0.2, 0) is 28.6 Å². The van der Waals surface area contributed by atoms with Crippen LogP contribution in [0.4, 0.5) is 14.4 Å². The van der Waals surface area contributed by atoms with E-state index in [-0.39, 0.29) is 23.7 Å². The lowest BCUT2D eigenvalue weighted by atomic mass is 10.1. The highest BCUT2D eigenvalue weighted by atomic mass is 32.2. The Kier molecular flexibility index (Phi) is 21.3. The molecule has 3 amide bonds. The predicted molar refractivity (Wildman–Crippen MR) is 249 cm³/mol. The van der Waals surface area contributed by atoms with Gasteiger partial charge in [0.05, 0.1) is 12.1 Å². The first-order valence-electron chi connectivity index (χ1n) is 21.2. The predicted octanol–water partition coefficient (Wildman–Crippen LogP) is 8.47. The normalized spacial score (nSPS) is 19.0. The van der Waals surface area contributed by atoms with E-state index >= 15 is 0 Å². The number of carboxylic acid groups (broad SMARTS) is 1. The molecule has 2 aromatic carbocycles. The van der Waals surface area contributed by atoms with Crippen molar-refractivity contribution in [3.8, 4) is 0 Å². The van der Waals surface area contributed by atoms with E-state index in [1.807, 2.05) is 60.7 Å². The van der Waals surface area contributed by atoms with Crippen LogP contribution in [0, 0.1) is 0 Å². The summed E-state index contributed by atoms with van der Waals surface area (Å²) in [5.41, 5.74) is 0.577. The van der Waals surface area contributed by atoms with Gasteiger partial charge >= 0.3 is 24.2 Å². The molecule has 2 aromatic rings. The average molecular weight is 893 g/mol. The van der Waals surface area contributed by atoms with E-state index in [0.717, 1.165) is 11.1 Å². The van der Waals surface area contributed by atoms with Crippen molar-refractivity contribution in [2.24, 2.45) is 0 Å². The molecule has 63 heavy (non-hydrogen) atoms. The van der Waals surface area contributed by atoms with Gasteiger partial charge in [-0.25, -0.2) is 19.2 Å². The van der Waals surface area contributed by atoms with Crippen molar-refractivity contribution >= 4 is 59.7 Å². The van der Waals surface area contributed by atoms with Gasteiger partial charge in [-0.15, -0.1) is 0 Å². The number of carbonyl (C=O) groups is 6. The Morgan fingerprint density at radius 1 is 0.714 bits per heavy atom. The molecule has 0 bridgehead atoms. The van der Waals surface area contributed by atoms with Crippen molar-refractivity contribution in [1.82, 2.24) is 20.9 Å². The number of carboxylic acids is 1. The maximum Gasteiger partial charge on any atom is 0.408 e. The summed E-state index contributed by atoms with van der Waals surface area (Å²) in [6, 6.07) is 16.4. The van der Waals surface area contributed by atoms with Crippen molar-refractivity contribution in [2.45, 2.75) is 130 Å². The lowest BCUT2D eigenvalue weighted by molar-refractivity contribution is -0.138. The molecule has 0 radical (unpaired) electrons. The van der Waals surface area contributed by atoms with Crippen LogP contribution < -0.4 is 16.0 Å². The first kappa shape index (κ1) is 53.7. The van der Waals surface area contributed by atoms with Gasteiger partial charge in [-0.3, -0.25) is 9.59 Å². The van der Waals surface area contributed by atoms with Crippen LogP contribution in [-0.4, -0.2) is 111 Å². The average Bonchev–Trinajstić information content (AvgIpc) is 3.65. The molecule has 0 aliphatic heterocycles. The third-order valence-corrected chi connectivity index (χ3v) is 10.3. The third kappa shape index (κ3) is 21.0. The van der Waals surface area contributed by atoms with E-state index in [1.54, 1.807) is 80.5 Å². The van der Waals surface area contributed by atoms with Gasteiger partial charge in [-0.2, -0.15) is 11.8 Å². The lowest BCUT2D eigenvalue weighted by Gasteiger charge is -2.26. The second-order valence-corrected chi connectivity index (χ2v) is 18.9. The van der Waals surface area contributed by atoms with Gasteiger partial charge in [0.1, 0.15) is 22.8 Å². The number of allylic oxidation sites excluding steroid dienone is 1. The molecular weight excluding hydrogens is 825 g/mol. The number of Topliss-reactive ketones (excluding diaryl/α,β-unsaturated/α-hetero) is 1. The van der Waals surface area contributed by atoms with Crippen LogP contribution in [0.1, 0.15) is 101 Å². The maximum absolute atomic E-state index is 12.9. The van der Waals surface area contributed by atoms with Crippen LogP contribution in [0.25, 0.3) is 12.2 Å². The molecular formula is C48H68N4O10S. The van der Waals surface area contributed by atoms with Crippen molar-refractivity contribution in [3.05, 3.63) is 95.1 Å². The van der Waals surface area contributed by atoms with E-state index in [4.69, 9.17) is 14.2 Å². The number of amides is 3. The Hall–Kier alpha value is -5.41. The molecule has 4 atom stereocenters. The van der Waals surface area contributed by atoms with Gasteiger partial charge in [0.15, 0.2) is 11.6 Å². The van der Waals surface area contributed by atoms with Crippen LogP contribution >= 0.6 is 11.8 Å². The number of rotatable bonds is 12. The molecule has 0 unspecified atom stereocenters. The minimum Gasteiger partial charge on any atom is -0.480 e. The van der Waals surface area contributed by atoms with Crippen molar-refractivity contribution in [2.75, 3.05) is 25.4 Å². The second kappa shape index (κ2) is 25.0. The Labute approximate surface area is 377 Å². The number of benzene rings is 2. The fourth-order valence-corrected chi connectivity index (χ4v) is 7.30. The van der Waals surface area contributed by atoms with Crippen molar-refractivity contribution in [1.29, 1.82) is 0 Å². The SMILES string of the molecule is CC(C)(C)OC(=O)N[C@@H](CS[C@@H]1CC(=O)/C(=C/c2ccccc2)[C@H]1NC(=O)OC(C)(C)C)C(=O)O.CC(C)(C)OC(=O)N[C@H]1C=CC(=O)/C1=C/c1ccccc1.CCN(CC)CC. The molecule has 1 fully saturated rings. The highest BCUT2D eigenvalue weighted by Gasteiger charge is 2.41. The minimum atomic E-state index is -1.24. The molecule has 4 rings (SSSR count). The molecule has 2 aliphatic carbocycles. The Morgan fingerprint density at radius 2 is 1.16 bits per heavy atom. The van der Waals surface area contributed by atoms with Gasteiger partial charge in [0.2, 0.25) is 0 Å². The zero-order valence-corrected chi connectivity index (χ0v) is 39.7. The first-order chi connectivity index (χ1) is 29.3. The molecule has 1 saturated carbocycles. The largest absolute Gasteiger partial charge is 0.480 e. The Bertz CT molecular complexity index is 1920. The van der Waals surface area contributed by atoms with Gasteiger partial charge in [0.25, 0.3) is 0 Å². The second-order valence-electron chi connectivity index (χ2n) is 17.6. The molecule has 0 saturated heterocycles. The molecule has 2 aliphatic rings. The van der Waals surface area contributed by atoms with Gasteiger partial charge in [-0.05, 0) is 111 Å². The highest BCUT2D eigenvalue weighted by Crippen LogP contribution is 2.34. The maximum atomic E-state index is 12.9. The number of carbonyl (C=O) groups excluding carboxylic acids is 5. The summed E-state index contributed by atoms with van der Waals surface area (Å²) in [6.07, 6.45) is 4.68. The smallest absolute Gasteiger partial charge is 0.408 e. The van der Waals surface area contributed by atoms with Crippen molar-refractivity contribution < 1.29 is 48.1 Å². The Balaban J connectivity index is 0.000000409. The van der Waals surface area contributed by atoms with Crippen LogP contribution in [0.15, 0.2) is 84.0 Å². The molecule has 346 valence electrons. The molecule has 0 spiro atoms. The van der Waals surface area contributed by atoms with Crippen molar-refractivity contribution in [3.63, 3.8) is 0 Å². The zero-order valence-electron chi connectivity index (χ0n) is 38.9. The van der Waals surface area contributed by atoms with Crippen LogP contribution in [0.3, 0.4) is 0 Å².